The van der Waals surface area contributed by atoms with Crippen molar-refractivity contribution in [2.24, 2.45) is 0 Å². The zero-order valence-electron chi connectivity index (χ0n) is 3.90. The van der Waals surface area contributed by atoms with Gasteiger partial charge in [0.2, 0.25) is 0 Å². The molecule has 1 aliphatic rings. The average molecular weight is 105 g/mol. The van der Waals surface area contributed by atoms with Crippen LogP contribution in [0, 0.1) is 6.42 Å². The highest BCUT2D eigenvalue weighted by molar-refractivity contribution is 4.88. The van der Waals surface area contributed by atoms with E-state index in [4.69, 9.17) is 0 Å². The van der Waals surface area contributed by atoms with Crippen LogP contribution in [0.2, 0.25) is 0 Å². The smallest absolute Gasteiger partial charge is 0.131 e. The van der Waals surface area contributed by atoms with Crippen LogP contribution in [0.4, 0.5) is 8.78 Å². The van der Waals surface area contributed by atoms with E-state index in [0.29, 0.717) is 12.8 Å². The van der Waals surface area contributed by atoms with E-state index in [0.717, 1.165) is 0 Å². The largest absolute Gasteiger partial charge is 0.244 e. The molecule has 0 heterocycles. The molecule has 0 aromatic heterocycles. The minimum absolute atomic E-state index is 0.307. The van der Waals surface area contributed by atoms with E-state index in [9.17, 15) is 8.78 Å². The summed E-state index contributed by atoms with van der Waals surface area (Å²) in [7, 11) is 0. The summed E-state index contributed by atoms with van der Waals surface area (Å²) in [4.78, 5) is 0. The molecular weight excluding hydrogens is 98.1 g/mol. The molecule has 0 spiro atoms. The van der Waals surface area contributed by atoms with E-state index in [-0.39, 0.29) is 0 Å². The fourth-order valence-corrected chi connectivity index (χ4v) is 0.710. The van der Waals surface area contributed by atoms with E-state index in [1.165, 1.54) is 0 Å². The van der Waals surface area contributed by atoms with Crippen molar-refractivity contribution in [3.8, 4) is 0 Å². The molecule has 0 aromatic rings. The second-order valence-corrected chi connectivity index (χ2v) is 1.79. The van der Waals surface area contributed by atoms with Crippen LogP contribution < -0.4 is 0 Å². The topological polar surface area (TPSA) is 0 Å². The second-order valence-electron chi connectivity index (χ2n) is 1.79. The lowest BCUT2D eigenvalue weighted by atomic mass is 10.3. The van der Waals surface area contributed by atoms with Gasteiger partial charge in [0.15, 0.2) is 0 Å². The van der Waals surface area contributed by atoms with Crippen molar-refractivity contribution in [3.05, 3.63) is 6.42 Å². The quantitative estimate of drug-likeness (QED) is 0.439. The van der Waals surface area contributed by atoms with Gasteiger partial charge in [-0.25, -0.2) is 8.78 Å². The molecule has 41 valence electrons. The van der Waals surface area contributed by atoms with E-state index < -0.39 is 12.3 Å². The zero-order chi connectivity index (χ0) is 5.28. The summed E-state index contributed by atoms with van der Waals surface area (Å²) < 4.78 is 23.8. The third-order valence-corrected chi connectivity index (χ3v) is 1.18. The maximum absolute atomic E-state index is 11.9. The summed E-state index contributed by atoms with van der Waals surface area (Å²) in [5, 5.41) is 0. The number of halogens is 2. The lowest BCUT2D eigenvalue weighted by Gasteiger charge is -1.96. The number of alkyl halides is 2. The molecule has 2 heteroatoms. The van der Waals surface area contributed by atoms with E-state index in [1.807, 2.05) is 0 Å². The summed E-state index contributed by atoms with van der Waals surface area (Å²) >= 11 is 0. The van der Waals surface area contributed by atoms with Crippen LogP contribution in [0.1, 0.15) is 12.8 Å². The molecule has 0 N–H and O–H groups in total. The summed E-state index contributed by atoms with van der Waals surface area (Å²) in [5.41, 5.74) is 0. The fourth-order valence-electron chi connectivity index (χ4n) is 0.710. The van der Waals surface area contributed by atoms with E-state index in [1.54, 1.807) is 6.42 Å². The van der Waals surface area contributed by atoms with Crippen molar-refractivity contribution in [1.82, 2.24) is 0 Å². The molecule has 7 heavy (non-hydrogen) atoms. The first kappa shape index (κ1) is 5.01. The summed E-state index contributed by atoms with van der Waals surface area (Å²) in [5.74, 6) is 0. The highest BCUT2D eigenvalue weighted by Crippen LogP contribution is 2.23. The summed E-state index contributed by atoms with van der Waals surface area (Å²) in [6.45, 7) is 0. The Balaban J connectivity index is 2.33. The molecule has 0 saturated heterocycles. The third kappa shape index (κ3) is 0.898. The molecule has 0 unspecified atom stereocenters. The van der Waals surface area contributed by atoms with Crippen molar-refractivity contribution in [2.45, 2.75) is 25.2 Å². The first-order valence-corrected chi connectivity index (χ1v) is 2.40. The maximum Gasteiger partial charge on any atom is 0.131 e. The zero-order valence-corrected chi connectivity index (χ0v) is 3.90. The Labute approximate surface area is 41.5 Å². The van der Waals surface area contributed by atoms with Gasteiger partial charge in [0.25, 0.3) is 0 Å². The van der Waals surface area contributed by atoms with Gasteiger partial charge < -0.3 is 0 Å². The molecule has 0 bridgehead atoms. The molecule has 0 aromatic carbocycles. The van der Waals surface area contributed by atoms with Gasteiger partial charge >= 0.3 is 0 Å². The Hall–Kier alpha value is -0.140. The molecule has 0 nitrogen and oxygen atoms in total. The third-order valence-electron chi connectivity index (χ3n) is 1.18. The highest BCUT2D eigenvalue weighted by atomic mass is 19.2. The minimum Gasteiger partial charge on any atom is -0.244 e. The van der Waals surface area contributed by atoms with E-state index >= 15 is 0 Å². The highest BCUT2D eigenvalue weighted by Gasteiger charge is 2.25. The Morgan fingerprint density at radius 3 is 1.71 bits per heavy atom. The Morgan fingerprint density at radius 2 is 1.57 bits per heavy atom. The lowest BCUT2D eigenvalue weighted by molar-refractivity contribution is 0.199. The Bertz CT molecular complexity index is 55.1. The maximum atomic E-state index is 11.9. The number of hydrogen-bond donors (Lipinski definition) is 0. The fraction of sp³-hybridized carbons (Fsp3) is 0.800. The molecule has 0 amide bonds. The van der Waals surface area contributed by atoms with Crippen molar-refractivity contribution in [1.29, 1.82) is 0 Å². The van der Waals surface area contributed by atoms with Gasteiger partial charge in [0.05, 0.1) is 0 Å². The Kier molecular flexibility index (Phi) is 1.26. The standard InChI is InChI=1S/C5H7F2/c6-4-2-1-3-5(4)7/h1,4-5H,2-3H2/t4-,5+. The van der Waals surface area contributed by atoms with Gasteiger partial charge in [-0.3, -0.25) is 0 Å². The van der Waals surface area contributed by atoms with Crippen LogP contribution in [0.3, 0.4) is 0 Å². The molecule has 0 aliphatic heterocycles. The molecule has 1 aliphatic carbocycles. The normalized spacial score (nSPS) is 42.0. The van der Waals surface area contributed by atoms with E-state index in [2.05, 4.69) is 0 Å². The van der Waals surface area contributed by atoms with Gasteiger partial charge in [0, 0.05) is 0 Å². The first-order valence-electron chi connectivity index (χ1n) is 2.40. The molecule has 1 fully saturated rings. The van der Waals surface area contributed by atoms with Crippen molar-refractivity contribution >= 4 is 0 Å². The Morgan fingerprint density at radius 1 is 1.14 bits per heavy atom. The lowest BCUT2D eigenvalue weighted by Crippen LogP contribution is -2.06. The molecule has 2 atom stereocenters. The predicted octanol–water partition coefficient (Wildman–Crippen LogP) is 1.66. The monoisotopic (exact) mass is 105 g/mol. The number of hydrogen-bond acceptors (Lipinski definition) is 0. The predicted molar refractivity (Wildman–Crippen MR) is 23.3 cm³/mol. The molecule has 1 saturated carbocycles. The van der Waals surface area contributed by atoms with Gasteiger partial charge in [-0.1, -0.05) is 0 Å². The van der Waals surface area contributed by atoms with Crippen LogP contribution in [-0.4, -0.2) is 12.3 Å². The average Bonchev–Trinajstić information content (AvgIpc) is 1.91. The van der Waals surface area contributed by atoms with Crippen molar-refractivity contribution in [2.75, 3.05) is 0 Å². The van der Waals surface area contributed by atoms with Gasteiger partial charge in [-0.15, -0.1) is 0 Å². The molecule has 1 radical (unpaired) electrons. The van der Waals surface area contributed by atoms with Crippen molar-refractivity contribution in [3.63, 3.8) is 0 Å². The van der Waals surface area contributed by atoms with Crippen LogP contribution in [0.15, 0.2) is 0 Å². The summed E-state index contributed by atoms with van der Waals surface area (Å²) in [6, 6.07) is 0. The van der Waals surface area contributed by atoms with Gasteiger partial charge in [-0.05, 0) is 19.3 Å². The van der Waals surface area contributed by atoms with Gasteiger partial charge in [0.1, 0.15) is 12.3 Å². The molecular formula is C5H7F2. The SMILES string of the molecule is F[C@@H]1C[CH]C[C@@H]1F. The first-order chi connectivity index (χ1) is 3.30. The second kappa shape index (κ2) is 1.76. The van der Waals surface area contributed by atoms with Crippen LogP contribution >= 0.6 is 0 Å². The van der Waals surface area contributed by atoms with Crippen molar-refractivity contribution < 1.29 is 8.78 Å². The van der Waals surface area contributed by atoms with Gasteiger partial charge in [-0.2, -0.15) is 0 Å². The summed E-state index contributed by atoms with van der Waals surface area (Å²) in [6.07, 6.45) is -0.155. The van der Waals surface area contributed by atoms with Crippen LogP contribution in [0.25, 0.3) is 0 Å². The number of rotatable bonds is 0. The van der Waals surface area contributed by atoms with Crippen LogP contribution in [-0.2, 0) is 0 Å². The molecule has 1 rings (SSSR count). The minimum atomic E-state index is -1.21. The van der Waals surface area contributed by atoms with Crippen LogP contribution in [0.5, 0.6) is 0 Å².